The van der Waals surface area contributed by atoms with Gasteiger partial charge in [0.25, 0.3) is 0 Å². The quantitative estimate of drug-likeness (QED) is 0.583. The maximum Gasteiger partial charge on any atom is 0.471 e. The Morgan fingerprint density at radius 2 is 1.26 bits per heavy atom. The van der Waals surface area contributed by atoms with Crippen LogP contribution in [0.4, 0.5) is 13.2 Å². The van der Waals surface area contributed by atoms with Crippen molar-refractivity contribution in [1.29, 1.82) is 0 Å². The first-order valence-electron chi connectivity index (χ1n) is 9.83. The Labute approximate surface area is 179 Å². The Morgan fingerprint density at radius 1 is 0.806 bits per heavy atom. The molecule has 3 aromatic rings. The van der Waals surface area contributed by atoms with E-state index >= 15 is 0 Å². The molecule has 0 saturated carbocycles. The van der Waals surface area contributed by atoms with Crippen molar-refractivity contribution in [3.05, 3.63) is 106 Å². The van der Waals surface area contributed by atoms with Crippen molar-refractivity contribution >= 4 is 5.91 Å². The van der Waals surface area contributed by atoms with Gasteiger partial charge in [0, 0.05) is 0 Å². The van der Waals surface area contributed by atoms with E-state index in [9.17, 15) is 23.1 Å². The van der Waals surface area contributed by atoms with Crippen molar-refractivity contribution in [2.24, 2.45) is 0 Å². The summed E-state index contributed by atoms with van der Waals surface area (Å²) in [6.07, 6.45) is -5.09. The first-order chi connectivity index (χ1) is 14.5. The summed E-state index contributed by atoms with van der Waals surface area (Å²) >= 11 is 0. The highest BCUT2D eigenvalue weighted by molar-refractivity contribution is 5.82. The third kappa shape index (κ3) is 4.64. The molecule has 1 amide bonds. The zero-order chi connectivity index (χ0) is 22.8. The Hall–Kier alpha value is -3.12. The van der Waals surface area contributed by atoms with Crippen molar-refractivity contribution in [3.63, 3.8) is 0 Å². The third-order valence-corrected chi connectivity index (χ3v) is 5.43. The lowest BCUT2D eigenvalue weighted by molar-refractivity contribution is -0.176. The van der Waals surface area contributed by atoms with Crippen LogP contribution in [0, 0.1) is 20.8 Å². The van der Waals surface area contributed by atoms with Crippen LogP contribution in [0.15, 0.2) is 72.8 Å². The van der Waals surface area contributed by atoms with Gasteiger partial charge in [-0.05, 0) is 43.0 Å². The maximum absolute atomic E-state index is 13.2. The zero-order valence-electron chi connectivity index (χ0n) is 17.5. The molecule has 1 atom stereocenters. The molecule has 2 N–H and O–H groups in total. The molecule has 0 radical (unpaired) electrons. The molecule has 0 aliphatic carbocycles. The molecule has 0 fully saturated rings. The van der Waals surface area contributed by atoms with Crippen LogP contribution in [-0.2, 0) is 10.4 Å². The van der Waals surface area contributed by atoms with Crippen LogP contribution in [0.3, 0.4) is 0 Å². The van der Waals surface area contributed by atoms with Crippen LogP contribution in [0.5, 0.6) is 0 Å². The number of carbonyl (C=O) groups excluding carboxylic acids is 1. The number of amides is 1. The molecule has 0 aromatic heterocycles. The van der Waals surface area contributed by atoms with Gasteiger partial charge in [-0.1, -0.05) is 83.9 Å². The molecule has 3 aromatic carbocycles. The minimum atomic E-state index is -5.09. The maximum atomic E-state index is 13.2. The second-order valence-corrected chi connectivity index (χ2v) is 7.76. The second-order valence-electron chi connectivity index (χ2n) is 7.76. The van der Waals surface area contributed by atoms with E-state index in [2.05, 4.69) is 5.32 Å². The summed E-state index contributed by atoms with van der Waals surface area (Å²) in [6.45, 7) is 5.48. The van der Waals surface area contributed by atoms with Crippen molar-refractivity contribution in [2.45, 2.75) is 38.6 Å². The molecular weight excluding hydrogens is 403 g/mol. The van der Waals surface area contributed by atoms with E-state index in [4.69, 9.17) is 0 Å². The summed E-state index contributed by atoms with van der Waals surface area (Å²) < 4.78 is 39.7. The summed E-state index contributed by atoms with van der Waals surface area (Å²) in [6, 6.07) is 19.1. The van der Waals surface area contributed by atoms with Crippen LogP contribution in [0.1, 0.15) is 39.4 Å². The first-order valence-corrected chi connectivity index (χ1v) is 9.83. The van der Waals surface area contributed by atoms with Gasteiger partial charge in [0.05, 0.1) is 6.04 Å². The van der Waals surface area contributed by atoms with E-state index in [0.29, 0.717) is 22.3 Å². The average molecular weight is 427 g/mol. The fourth-order valence-electron chi connectivity index (χ4n) is 3.65. The number of alkyl halides is 3. The van der Waals surface area contributed by atoms with Gasteiger partial charge in [0.2, 0.25) is 0 Å². The molecule has 0 spiro atoms. The van der Waals surface area contributed by atoms with Crippen LogP contribution >= 0.6 is 0 Å². The first kappa shape index (κ1) is 22.6. The number of aryl methyl sites for hydroxylation is 3. The fourth-order valence-corrected chi connectivity index (χ4v) is 3.65. The molecule has 3 nitrogen and oxygen atoms in total. The molecule has 0 bridgehead atoms. The molecule has 31 heavy (non-hydrogen) atoms. The fraction of sp³-hybridized carbons (Fsp3) is 0.240. The number of halogens is 3. The van der Waals surface area contributed by atoms with Crippen molar-refractivity contribution in [2.75, 3.05) is 0 Å². The molecular formula is C25H24F3NO2. The zero-order valence-corrected chi connectivity index (χ0v) is 17.5. The number of rotatable bonds is 5. The molecule has 162 valence electrons. The number of aliphatic hydroxyl groups is 1. The topological polar surface area (TPSA) is 49.3 Å². The van der Waals surface area contributed by atoms with Gasteiger partial charge >= 0.3 is 12.1 Å². The van der Waals surface area contributed by atoms with Crippen LogP contribution in [0.25, 0.3) is 0 Å². The summed E-state index contributed by atoms with van der Waals surface area (Å²) in [5.41, 5.74) is 1.70. The standard InChI is InChI=1S/C25H24F3NO2/c1-16-8-12-19(13-9-16)24(31,20-14-10-17(2)11-15-20)22(29-23(30)25(26,27)28)21-7-5-4-6-18(21)3/h4-15,22,31H,1-3H3,(H,29,30). The Morgan fingerprint density at radius 3 is 1.68 bits per heavy atom. The number of hydrogen-bond donors (Lipinski definition) is 2. The van der Waals surface area contributed by atoms with Crippen LogP contribution in [-0.4, -0.2) is 17.2 Å². The second kappa shape index (κ2) is 8.55. The van der Waals surface area contributed by atoms with Gasteiger partial charge in [-0.3, -0.25) is 4.79 Å². The van der Waals surface area contributed by atoms with E-state index < -0.39 is 23.7 Å². The predicted octanol–water partition coefficient (Wildman–Crippen LogP) is 5.27. The van der Waals surface area contributed by atoms with Crippen LogP contribution in [0.2, 0.25) is 0 Å². The van der Waals surface area contributed by atoms with Crippen molar-refractivity contribution < 1.29 is 23.1 Å². The van der Waals surface area contributed by atoms with Crippen molar-refractivity contribution in [3.8, 4) is 0 Å². The molecule has 0 saturated heterocycles. The molecule has 3 rings (SSSR count). The summed E-state index contributed by atoms with van der Waals surface area (Å²) in [7, 11) is 0. The van der Waals surface area contributed by atoms with E-state index in [0.717, 1.165) is 11.1 Å². The SMILES string of the molecule is Cc1ccc(C(O)(c2ccc(C)cc2)C(NC(=O)C(F)(F)F)c2ccccc2C)cc1. The summed E-state index contributed by atoms with van der Waals surface area (Å²) in [5, 5.41) is 14.2. The highest BCUT2D eigenvalue weighted by Gasteiger charge is 2.47. The predicted molar refractivity (Wildman–Crippen MR) is 113 cm³/mol. The minimum absolute atomic E-state index is 0.373. The number of carbonyl (C=O) groups is 1. The average Bonchev–Trinajstić information content (AvgIpc) is 2.72. The van der Waals surface area contributed by atoms with Gasteiger partial charge in [0.15, 0.2) is 0 Å². The van der Waals surface area contributed by atoms with Gasteiger partial charge in [-0.2, -0.15) is 13.2 Å². The third-order valence-electron chi connectivity index (χ3n) is 5.43. The Balaban J connectivity index is 2.28. The summed E-state index contributed by atoms with van der Waals surface area (Å²) in [4.78, 5) is 12.0. The lowest BCUT2D eigenvalue weighted by Crippen LogP contribution is -2.49. The van der Waals surface area contributed by atoms with Gasteiger partial charge in [-0.15, -0.1) is 0 Å². The Kier molecular flexibility index (Phi) is 6.23. The minimum Gasteiger partial charge on any atom is -0.378 e. The van der Waals surface area contributed by atoms with E-state index in [-0.39, 0.29) is 0 Å². The van der Waals surface area contributed by atoms with Gasteiger partial charge in [-0.25, -0.2) is 0 Å². The molecule has 0 aliphatic rings. The lowest BCUT2D eigenvalue weighted by atomic mass is 9.76. The lowest BCUT2D eigenvalue weighted by Gasteiger charge is -2.39. The highest BCUT2D eigenvalue weighted by atomic mass is 19.4. The molecule has 0 aliphatic heterocycles. The van der Waals surface area contributed by atoms with Gasteiger partial charge in [0.1, 0.15) is 5.60 Å². The van der Waals surface area contributed by atoms with E-state index in [1.54, 1.807) is 79.7 Å². The van der Waals surface area contributed by atoms with Crippen molar-refractivity contribution in [1.82, 2.24) is 5.32 Å². The molecule has 1 unspecified atom stereocenters. The number of hydrogen-bond acceptors (Lipinski definition) is 2. The normalized spacial score (nSPS) is 13.0. The van der Waals surface area contributed by atoms with Crippen LogP contribution < -0.4 is 5.32 Å². The molecule has 6 heteroatoms. The molecule has 0 heterocycles. The number of benzene rings is 3. The number of nitrogens with one attached hydrogen (secondary N) is 1. The smallest absolute Gasteiger partial charge is 0.378 e. The summed E-state index contributed by atoms with van der Waals surface area (Å²) in [5.74, 6) is -2.11. The van der Waals surface area contributed by atoms with E-state index in [1.807, 2.05) is 13.8 Å². The largest absolute Gasteiger partial charge is 0.471 e. The van der Waals surface area contributed by atoms with Gasteiger partial charge < -0.3 is 10.4 Å². The monoisotopic (exact) mass is 427 g/mol. The highest BCUT2D eigenvalue weighted by Crippen LogP contribution is 2.42. The van der Waals surface area contributed by atoms with E-state index in [1.165, 1.54) is 0 Å². The Bertz CT molecular complexity index is 1010.